The number of hydrogen-bond acceptors (Lipinski definition) is 5. The van der Waals surface area contributed by atoms with Gasteiger partial charge in [-0.3, -0.25) is 4.79 Å². The Labute approximate surface area is 223 Å². The zero-order valence-electron chi connectivity index (χ0n) is 20.9. The number of likely N-dealkylation sites (N-methyl/N-ethyl adjacent to an activating group) is 2. The second-order valence-electron chi connectivity index (χ2n) is 8.70. The Kier molecular flexibility index (Phi) is 9.56. The average molecular weight is 525 g/mol. The number of amides is 1. The van der Waals surface area contributed by atoms with Gasteiger partial charge in [0, 0.05) is 18.5 Å². The van der Waals surface area contributed by atoms with Crippen molar-refractivity contribution < 1.29 is 14.3 Å². The molecule has 5 nitrogen and oxygen atoms in total. The van der Waals surface area contributed by atoms with Crippen LogP contribution in [0.1, 0.15) is 30.6 Å². The first-order valence-corrected chi connectivity index (χ1v) is 13.7. The molecule has 0 fully saturated rings. The number of carbonyl (C=O) groups is 1. The second kappa shape index (κ2) is 13.0. The summed E-state index contributed by atoms with van der Waals surface area (Å²) >= 11 is 7.76. The SMILES string of the molecule is CCN(CCCCOc1ccc(C2Sc3ccccc3N(C)C2=O)cc1)CCOc1ccccc1Cl. The van der Waals surface area contributed by atoms with Gasteiger partial charge in [-0.1, -0.05) is 54.9 Å². The van der Waals surface area contributed by atoms with Crippen LogP contribution >= 0.6 is 23.4 Å². The first-order valence-electron chi connectivity index (χ1n) is 12.4. The molecule has 0 bridgehead atoms. The maximum absolute atomic E-state index is 12.9. The van der Waals surface area contributed by atoms with E-state index < -0.39 is 0 Å². The van der Waals surface area contributed by atoms with Crippen LogP contribution in [-0.2, 0) is 4.79 Å². The molecule has 0 spiro atoms. The molecule has 0 saturated carbocycles. The molecule has 4 rings (SSSR count). The predicted octanol–water partition coefficient (Wildman–Crippen LogP) is 6.71. The smallest absolute Gasteiger partial charge is 0.244 e. The van der Waals surface area contributed by atoms with Gasteiger partial charge in [0.1, 0.15) is 23.4 Å². The fourth-order valence-corrected chi connectivity index (χ4v) is 5.64. The molecule has 0 aromatic heterocycles. The molecule has 0 N–H and O–H groups in total. The third-order valence-corrected chi connectivity index (χ3v) is 7.92. The minimum atomic E-state index is -0.235. The van der Waals surface area contributed by atoms with Crippen molar-refractivity contribution in [1.82, 2.24) is 4.90 Å². The highest BCUT2D eigenvalue weighted by atomic mass is 35.5. The molecule has 3 aromatic rings. The molecule has 1 heterocycles. The molecule has 1 aliphatic rings. The maximum Gasteiger partial charge on any atom is 0.244 e. The van der Waals surface area contributed by atoms with Crippen LogP contribution in [0.3, 0.4) is 0 Å². The first-order chi connectivity index (χ1) is 17.6. The van der Waals surface area contributed by atoms with E-state index >= 15 is 0 Å². The Morgan fingerprint density at radius 2 is 1.67 bits per heavy atom. The van der Waals surface area contributed by atoms with Crippen molar-refractivity contribution >= 4 is 35.0 Å². The number of unbranched alkanes of at least 4 members (excludes halogenated alkanes) is 1. The Hall–Kier alpha value is -2.67. The lowest BCUT2D eigenvalue weighted by molar-refractivity contribution is -0.118. The van der Waals surface area contributed by atoms with Crippen molar-refractivity contribution in [2.75, 3.05) is 44.8 Å². The van der Waals surface area contributed by atoms with Crippen LogP contribution in [0.4, 0.5) is 5.69 Å². The van der Waals surface area contributed by atoms with Gasteiger partial charge in [-0.15, -0.1) is 11.8 Å². The molecule has 0 aliphatic carbocycles. The number of rotatable bonds is 12. The lowest BCUT2D eigenvalue weighted by atomic mass is 10.1. The van der Waals surface area contributed by atoms with Crippen LogP contribution in [0, 0.1) is 0 Å². The van der Waals surface area contributed by atoms with E-state index in [-0.39, 0.29) is 11.2 Å². The second-order valence-corrected chi connectivity index (χ2v) is 10.3. The molecule has 1 aliphatic heterocycles. The summed E-state index contributed by atoms with van der Waals surface area (Å²) in [5.74, 6) is 1.67. The Morgan fingerprint density at radius 3 is 2.44 bits per heavy atom. The molecule has 3 aromatic carbocycles. The van der Waals surface area contributed by atoms with Crippen molar-refractivity contribution in [3.05, 3.63) is 83.4 Å². The summed E-state index contributed by atoms with van der Waals surface area (Å²) in [6.45, 7) is 6.29. The zero-order valence-corrected chi connectivity index (χ0v) is 22.4. The van der Waals surface area contributed by atoms with Crippen LogP contribution in [-0.4, -0.2) is 50.7 Å². The largest absolute Gasteiger partial charge is 0.494 e. The first kappa shape index (κ1) is 26.4. The normalized spacial score (nSPS) is 15.2. The average Bonchev–Trinajstić information content (AvgIpc) is 2.91. The number of anilines is 1. The molecule has 1 amide bonds. The fourth-order valence-electron chi connectivity index (χ4n) is 4.16. The van der Waals surface area contributed by atoms with Gasteiger partial charge in [0.15, 0.2) is 0 Å². The summed E-state index contributed by atoms with van der Waals surface area (Å²) in [5.41, 5.74) is 1.97. The van der Waals surface area contributed by atoms with Crippen molar-refractivity contribution in [3.8, 4) is 11.5 Å². The van der Waals surface area contributed by atoms with Gasteiger partial charge in [0.05, 0.1) is 17.3 Å². The maximum atomic E-state index is 12.9. The van der Waals surface area contributed by atoms with E-state index in [1.54, 1.807) is 16.7 Å². The van der Waals surface area contributed by atoms with Crippen LogP contribution in [0.2, 0.25) is 5.02 Å². The summed E-state index contributed by atoms with van der Waals surface area (Å²) in [6.07, 6.45) is 2.03. The van der Waals surface area contributed by atoms with Gasteiger partial charge >= 0.3 is 0 Å². The standard InChI is InChI=1S/C29H33ClN2O3S/c1-3-32(19-21-35-26-12-6-4-10-24(26)30)18-8-9-20-34-23-16-14-22(15-17-23)28-29(33)31(2)25-11-5-7-13-27(25)36-28/h4-7,10-17,28H,3,8-9,18-21H2,1-2H3. The fraction of sp³-hybridized carbons (Fsp3) is 0.345. The van der Waals surface area contributed by atoms with Gasteiger partial charge in [-0.2, -0.15) is 0 Å². The minimum absolute atomic E-state index is 0.102. The third-order valence-electron chi connectivity index (χ3n) is 6.30. The van der Waals surface area contributed by atoms with Crippen molar-refractivity contribution in [2.45, 2.75) is 29.9 Å². The molecule has 0 saturated heterocycles. The number of benzene rings is 3. The highest BCUT2D eigenvalue weighted by molar-refractivity contribution is 8.00. The van der Waals surface area contributed by atoms with Gasteiger partial charge in [0.2, 0.25) is 5.91 Å². The minimum Gasteiger partial charge on any atom is -0.494 e. The lowest BCUT2D eigenvalue weighted by Gasteiger charge is -2.31. The molecule has 36 heavy (non-hydrogen) atoms. The molecular formula is C29H33ClN2O3S. The number of para-hydroxylation sites is 2. The van der Waals surface area contributed by atoms with Crippen molar-refractivity contribution in [2.24, 2.45) is 0 Å². The van der Waals surface area contributed by atoms with Gasteiger partial charge in [-0.05, 0) is 67.9 Å². The zero-order chi connectivity index (χ0) is 25.3. The molecule has 1 unspecified atom stereocenters. The summed E-state index contributed by atoms with van der Waals surface area (Å²) < 4.78 is 11.8. The summed E-state index contributed by atoms with van der Waals surface area (Å²) in [7, 11) is 1.84. The molecule has 0 radical (unpaired) electrons. The Morgan fingerprint density at radius 1 is 0.917 bits per heavy atom. The van der Waals surface area contributed by atoms with E-state index in [1.165, 1.54) is 0 Å². The van der Waals surface area contributed by atoms with Crippen LogP contribution in [0.15, 0.2) is 77.7 Å². The number of thioether (sulfide) groups is 1. The number of ether oxygens (including phenoxy) is 2. The Balaban J connectivity index is 1.17. The quantitative estimate of drug-likeness (QED) is 0.246. The van der Waals surface area contributed by atoms with E-state index in [1.807, 2.05) is 73.8 Å². The van der Waals surface area contributed by atoms with E-state index in [9.17, 15) is 4.79 Å². The number of fused-ring (bicyclic) bond motifs is 1. The summed E-state index contributed by atoms with van der Waals surface area (Å²) in [6, 6.07) is 23.5. The van der Waals surface area contributed by atoms with Gasteiger partial charge in [-0.25, -0.2) is 0 Å². The van der Waals surface area contributed by atoms with Crippen molar-refractivity contribution in [3.63, 3.8) is 0 Å². The van der Waals surface area contributed by atoms with E-state index in [2.05, 4.69) is 17.9 Å². The van der Waals surface area contributed by atoms with Crippen molar-refractivity contribution in [1.29, 1.82) is 0 Å². The number of nitrogens with zero attached hydrogens (tertiary/aromatic N) is 2. The molecule has 7 heteroatoms. The van der Waals surface area contributed by atoms with Gasteiger partial charge < -0.3 is 19.3 Å². The molecular weight excluding hydrogens is 492 g/mol. The van der Waals surface area contributed by atoms with E-state index in [0.29, 0.717) is 18.2 Å². The monoisotopic (exact) mass is 524 g/mol. The van der Waals surface area contributed by atoms with Gasteiger partial charge in [0.25, 0.3) is 0 Å². The summed E-state index contributed by atoms with van der Waals surface area (Å²) in [5, 5.41) is 0.411. The lowest BCUT2D eigenvalue weighted by Crippen LogP contribution is -2.33. The predicted molar refractivity (Wildman–Crippen MR) is 149 cm³/mol. The number of halogens is 1. The molecule has 190 valence electrons. The highest BCUT2D eigenvalue weighted by Crippen LogP contribution is 2.45. The molecule has 1 atom stereocenters. The number of hydrogen-bond donors (Lipinski definition) is 0. The Bertz CT molecular complexity index is 1140. The van der Waals surface area contributed by atoms with Crippen LogP contribution < -0.4 is 14.4 Å². The topological polar surface area (TPSA) is 42.0 Å². The third kappa shape index (κ3) is 6.75. The van der Waals surface area contributed by atoms with Crippen LogP contribution in [0.5, 0.6) is 11.5 Å². The van der Waals surface area contributed by atoms with Crippen LogP contribution in [0.25, 0.3) is 0 Å². The summed E-state index contributed by atoms with van der Waals surface area (Å²) in [4.78, 5) is 18.2. The van der Waals surface area contributed by atoms with E-state index in [4.69, 9.17) is 21.1 Å². The van der Waals surface area contributed by atoms with E-state index in [0.717, 1.165) is 60.1 Å². The number of carbonyl (C=O) groups excluding carboxylic acids is 1. The highest BCUT2D eigenvalue weighted by Gasteiger charge is 2.32.